The molecule has 2 unspecified atom stereocenters. The fourth-order valence-corrected chi connectivity index (χ4v) is 4.40. The third-order valence-corrected chi connectivity index (χ3v) is 5.84. The summed E-state index contributed by atoms with van der Waals surface area (Å²) >= 11 is 1.76. The van der Waals surface area contributed by atoms with Crippen LogP contribution in [0.1, 0.15) is 44.2 Å². The second-order valence-electron chi connectivity index (χ2n) is 6.63. The van der Waals surface area contributed by atoms with E-state index >= 15 is 0 Å². The van der Waals surface area contributed by atoms with Crippen molar-refractivity contribution >= 4 is 16.5 Å². The topological polar surface area (TPSA) is 48.4 Å². The van der Waals surface area contributed by atoms with Gasteiger partial charge in [0.05, 0.1) is 11.8 Å². The number of hydrogen-bond donors (Lipinski definition) is 2. The summed E-state index contributed by atoms with van der Waals surface area (Å²) in [5.74, 6) is 0.674. The molecule has 3 rings (SSSR count). The zero-order valence-corrected chi connectivity index (χ0v) is 13.7. The number of rotatable bonds is 4. The summed E-state index contributed by atoms with van der Waals surface area (Å²) in [6.45, 7) is 5.36. The Morgan fingerprint density at radius 3 is 2.81 bits per heavy atom. The van der Waals surface area contributed by atoms with E-state index in [1.807, 2.05) is 0 Å². The van der Waals surface area contributed by atoms with Gasteiger partial charge in [-0.25, -0.2) is 4.98 Å². The molecule has 1 aliphatic carbocycles. The van der Waals surface area contributed by atoms with Gasteiger partial charge in [-0.1, -0.05) is 6.42 Å². The molecule has 0 amide bonds. The van der Waals surface area contributed by atoms with Crippen LogP contribution in [0.3, 0.4) is 0 Å². The van der Waals surface area contributed by atoms with Crippen molar-refractivity contribution in [2.45, 2.75) is 57.6 Å². The van der Waals surface area contributed by atoms with Gasteiger partial charge in [-0.3, -0.25) is 0 Å². The Bertz CT molecular complexity index is 442. The van der Waals surface area contributed by atoms with Crippen molar-refractivity contribution in [3.63, 3.8) is 0 Å². The number of aromatic nitrogens is 1. The summed E-state index contributed by atoms with van der Waals surface area (Å²) in [6, 6.07) is 0.640. The largest absolute Gasteiger partial charge is 0.393 e. The SMILES string of the molecule is Cc1csc(N2CCC(NCC3CCCC(O)C3)CC2)n1. The molecule has 2 aliphatic rings. The average molecular weight is 309 g/mol. The van der Waals surface area contributed by atoms with E-state index in [2.05, 4.69) is 27.5 Å². The lowest BCUT2D eigenvalue weighted by atomic mass is 9.87. The van der Waals surface area contributed by atoms with E-state index in [4.69, 9.17) is 0 Å². The molecule has 0 aromatic carbocycles. The predicted molar refractivity (Wildman–Crippen MR) is 88.1 cm³/mol. The van der Waals surface area contributed by atoms with Crippen molar-refractivity contribution in [3.8, 4) is 0 Å². The molecule has 2 N–H and O–H groups in total. The average Bonchev–Trinajstić information content (AvgIpc) is 2.92. The molecule has 1 saturated carbocycles. The van der Waals surface area contributed by atoms with Crippen LogP contribution in [0.2, 0.25) is 0 Å². The summed E-state index contributed by atoms with van der Waals surface area (Å²) in [5, 5.41) is 16.8. The number of nitrogens with one attached hydrogen (secondary N) is 1. The number of thiazole rings is 1. The van der Waals surface area contributed by atoms with E-state index in [-0.39, 0.29) is 6.10 Å². The molecule has 2 fully saturated rings. The molecule has 0 spiro atoms. The Labute approximate surface area is 131 Å². The Hall–Kier alpha value is -0.650. The maximum Gasteiger partial charge on any atom is 0.185 e. The normalized spacial score (nSPS) is 28.0. The third-order valence-electron chi connectivity index (χ3n) is 4.82. The molecule has 1 saturated heterocycles. The molecule has 5 heteroatoms. The molecule has 2 heterocycles. The first-order chi connectivity index (χ1) is 10.2. The second kappa shape index (κ2) is 7.07. The predicted octanol–water partition coefficient (Wildman–Crippen LogP) is 2.56. The van der Waals surface area contributed by atoms with Gasteiger partial charge in [-0.05, 0) is 51.5 Å². The summed E-state index contributed by atoms with van der Waals surface area (Å²) in [4.78, 5) is 7.00. The lowest BCUT2D eigenvalue weighted by molar-refractivity contribution is 0.0992. The molecular formula is C16H27N3OS. The van der Waals surface area contributed by atoms with Crippen LogP contribution in [-0.4, -0.2) is 41.9 Å². The van der Waals surface area contributed by atoms with Crippen LogP contribution in [0.5, 0.6) is 0 Å². The molecule has 0 radical (unpaired) electrons. The van der Waals surface area contributed by atoms with Gasteiger partial charge >= 0.3 is 0 Å². The summed E-state index contributed by atoms with van der Waals surface area (Å²) in [5.41, 5.74) is 1.13. The third kappa shape index (κ3) is 4.18. The first-order valence-corrected chi connectivity index (χ1v) is 9.17. The van der Waals surface area contributed by atoms with Gasteiger partial charge < -0.3 is 15.3 Å². The summed E-state index contributed by atoms with van der Waals surface area (Å²) < 4.78 is 0. The summed E-state index contributed by atoms with van der Waals surface area (Å²) in [6.07, 6.45) is 6.81. The molecule has 1 aromatic heterocycles. The second-order valence-corrected chi connectivity index (χ2v) is 7.46. The van der Waals surface area contributed by atoms with Crippen molar-refractivity contribution in [3.05, 3.63) is 11.1 Å². The monoisotopic (exact) mass is 309 g/mol. The molecule has 1 aliphatic heterocycles. The molecule has 0 bridgehead atoms. The Balaban J connectivity index is 1.39. The minimum Gasteiger partial charge on any atom is -0.393 e. The van der Waals surface area contributed by atoms with Crippen molar-refractivity contribution in [2.75, 3.05) is 24.5 Å². The Morgan fingerprint density at radius 2 is 2.14 bits per heavy atom. The van der Waals surface area contributed by atoms with E-state index < -0.39 is 0 Å². The van der Waals surface area contributed by atoms with Crippen LogP contribution in [0, 0.1) is 12.8 Å². The quantitative estimate of drug-likeness (QED) is 0.897. The fourth-order valence-electron chi connectivity index (χ4n) is 3.54. The van der Waals surface area contributed by atoms with Crippen LogP contribution in [0.15, 0.2) is 5.38 Å². The zero-order chi connectivity index (χ0) is 14.7. The van der Waals surface area contributed by atoms with Crippen LogP contribution < -0.4 is 10.2 Å². The standard InChI is InChI=1S/C16H27N3OS/c1-12-11-21-16(18-12)19-7-5-14(6-8-19)17-10-13-3-2-4-15(20)9-13/h11,13-15,17,20H,2-10H2,1H3. The van der Waals surface area contributed by atoms with Gasteiger partial charge in [-0.15, -0.1) is 11.3 Å². The summed E-state index contributed by atoms with van der Waals surface area (Å²) in [7, 11) is 0. The number of piperidine rings is 1. The Morgan fingerprint density at radius 1 is 1.33 bits per heavy atom. The van der Waals surface area contributed by atoms with Crippen molar-refractivity contribution in [1.29, 1.82) is 0 Å². The number of anilines is 1. The van der Waals surface area contributed by atoms with Crippen LogP contribution in [-0.2, 0) is 0 Å². The molecule has 118 valence electrons. The van der Waals surface area contributed by atoms with E-state index in [9.17, 15) is 5.11 Å². The molecule has 4 nitrogen and oxygen atoms in total. The van der Waals surface area contributed by atoms with Gasteiger partial charge in [0.25, 0.3) is 0 Å². The smallest absolute Gasteiger partial charge is 0.185 e. The minimum atomic E-state index is -0.0551. The lowest BCUT2D eigenvalue weighted by Gasteiger charge is -2.34. The van der Waals surface area contributed by atoms with E-state index in [0.29, 0.717) is 12.0 Å². The first-order valence-electron chi connectivity index (χ1n) is 8.29. The van der Waals surface area contributed by atoms with E-state index in [0.717, 1.165) is 38.2 Å². The molecule has 21 heavy (non-hydrogen) atoms. The van der Waals surface area contributed by atoms with Crippen LogP contribution in [0.4, 0.5) is 5.13 Å². The van der Waals surface area contributed by atoms with Gasteiger partial charge in [0.2, 0.25) is 0 Å². The number of nitrogens with zero attached hydrogens (tertiary/aromatic N) is 2. The van der Waals surface area contributed by atoms with E-state index in [1.165, 1.54) is 30.8 Å². The number of aliphatic hydroxyl groups is 1. The molecule has 1 aromatic rings. The highest BCUT2D eigenvalue weighted by Crippen LogP contribution is 2.26. The number of hydrogen-bond acceptors (Lipinski definition) is 5. The molecule has 2 atom stereocenters. The lowest BCUT2D eigenvalue weighted by Crippen LogP contribution is -2.44. The van der Waals surface area contributed by atoms with Crippen LogP contribution >= 0.6 is 11.3 Å². The maximum atomic E-state index is 9.74. The highest BCUT2D eigenvalue weighted by molar-refractivity contribution is 7.13. The first kappa shape index (κ1) is 15.3. The van der Waals surface area contributed by atoms with Crippen molar-refractivity contribution in [1.82, 2.24) is 10.3 Å². The van der Waals surface area contributed by atoms with Crippen molar-refractivity contribution in [2.24, 2.45) is 5.92 Å². The van der Waals surface area contributed by atoms with E-state index in [1.54, 1.807) is 11.3 Å². The Kier molecular flexibility index (Phi) is 5.14. The number of aryl methyl sites for hydroxylation is 1. The maximum absolute atomic E-state index is 9.74. The zero-order valence-electron chi connectivity index (χ0n) is 12.9. The highest BCUT2D eigenvalue weighted by atomic mass is 32.1. The van der Waals surface area contributed by atoms with Crippen LogP contribution in [0.25, 0.3) is 0 Å². The van der Waals surface area contributed by atoms with Gasteiger partial charge in [0.1, 0.15) is 0 Å². The van der Waals surface area contributed by atoms with Gasteiger partial charge in [-0.2, -0.15) is 0 Å². The number of aliphatic hydroxyl groups excluding tert-OH is 1. The van der Waals surface area contributed by atoms with Gasteiger partial charge in [0.15, 0.2) is 5.13 Å². The van der Waals surface area contributed by atoms with Gasteiger partial charge in [0, 0.05) is 24.5 Å². The van der Waals surface area contributed by atoms with Crippen molar-refractivity contribution < 1.29 is 5.11 Å². The highest BCUT2D eigenvalue weighted by Gasteiger charge is 2.24. The fraction of sp³-hybridized carbons (Fsp3) is 0.812. The molecular weight excluding hydrogens is 282 g/mol. The minimum absolute atomic E-state index is 0.0551.